The number of nitrogens with zero attached hydrogens (tertiary/aromatic N) is 3. The van der Waals surface area contributed by atoms with Crippen LogP contribution in [0.3, 0.4) is 0 Å². The molecular formula is C29H39N3O9S. The fourth-order valence-electron chi connectivity index (χ4n) is 5.87. The fourth-order valence-corrected chi connectivity index (χ4v) is 6.44. The standard InChI is InChI=1S/C23H31N3O2S.C6H8O7/c1-25(12-13-27)22(28)19(14-20-16-29-17-24-20)15-26-10-8-23(9-11-26)7-6-18-4-2-3-5-21(18)23;7-3(8)1-6(13,5(11)12)2-4(9)10/h2-5,16-17,19,27H,6-15H2,1H3;13H,1-2H2,(H,7,8)(H,9,10)(H,11,12). The molecule has 4 rings (SSSR count). The van der Waals surface area contributed by atoms with Crippen LogP contribution in [0.1, 0.15) is 48.9 Å². The molecule has 2 heterocycles. The van der Waals surface area contributed by atoms with Crippen LogP contribution in [0.15, 0.2) is 35.2 Å². The van der Waals surface area contributed by atoms with Gasteiger partial charge < -0.3 is 35.3 Å². The number of rotatable bonds is 12. The van der Waals surface area contributed by atoms with E-state index in [9.17, 15) is 24.3 Å². The van der Waals surface area contributed by atoms with Crippen LogP contribution in [0.4, 0.5) is 0 Å². The van der Waals surface area contributed by atoms with E-state index in [-0.39, 0.29) is 18.4 Å². The van der Waals surface area contributed by atoms with Gasteiger partial charge in [0.25, 0.3) is 0 Å². The van der Waals surface area contributed by atoms with Crippen LogP contribution in [0, 0.1) is 5.92 Å². The molecule has 0 radical (unpaired) electrons. The summed E-state index contributed by atoms with van der Waals surface area (Å²) < 4.78 is 0. The number of aromatic nitrogens is 1. The minimum absolute atomic E-state index is 0.00267. The Hall–Kier alpha value is -3.39. The maximum Gasteiger partial charge on any atom is 0.336 e. The highest BCUT2D eigenvalue weighted by Crippen LogP contribution is 2.46. The predicted molar refractivity (Wildman–Crippen MR) is 153 cm³/mol. The molecule has 1 amide bonds. The zero-order valence-electron chi connectivity index (χ0n) is 23.6. The molecule has 2 aliphatic rings. The number of carboxylic acid groups (broad SMARTS) is 3. The monoisotopic (exact) mass is 605 g/mol. The quantitative estimate of drug-likeness (QED) is 0.236. The van der Waals surface area contributed by atoms with Gasteiger partial charge in [0.15, 0.2) is 5.60 Å². The summed E-state index contributed by atoms with van der Waals surface area (Å²) in [7, 11) is 1.78. The lowest BCUT2D eigenvalue weighted by molar-refractivity contribution is -0.170. The number of carbonyl (C=O) groups is 4. The van der Waals surface area contributed by atoms with Crippen molar-refractivity contribution in [3.05, 3.63) is 52.0 Å². The van der Waals surface area contributed by atoms with Crippen molar-refractivity contribution in [3.63, 3.8) is 0 Å². The number of fused-ring (bicyclic) bond motifs is 2. The lowest BCUT2D eigenvalue weighted by Crippen LogP contribution is -2.47. The number of likely N-dealkylation sites (N-methyl/N-ethyl adjacent to an activating group) is 1. The molecular weight excluding hydrogens is 566 g/mol. The number of hydrogen-bond acceptors (Lipinski definition) is 9. The number of likely N-dealkylation sites (tertiary alicyclic amines) is 1. The van der Waals surface area contributed by atoms with Gasteiger partial charge in [0.2, 0.25) is 5.91 Å². The minimum atomic E-state index is -2.74. The number of piperidine rings is 1. The Balaban J connectivity index is 0.000000316. The largest absolute Gasteiger partial charge is 0.481 e. The number of hydrogen-bond donors (Lipinski definition) is 5. The number of benzene rings is 1. The molecule has 1 saturated heterocycles. The summed E-state index contributed by atoms with van der Waals surface area (Å²) in [6.07, 6.45) is 3.20. The van der Waals surface area contributed by atoms with Gasteiger partial charge >= 0.3 is 17.9 Å². The van der Waals surface area contributed by atoms with Crippen LogP contribution in [0.5, 0.6) is 0 Å². The van der Waals surface area contributed by atoms with E-state index >= 15 is 0 Å². The molecule has 12 nitrogen and oxygen atoms in total. The van der Waals surface area contributed by atoms with Crippen LogP contribution in [0.25, 0.3) is 0 Å². The molecule has 5 N–H and O–H groups in total. The number of aliphatic carboxylic acids is 3. The molecule has 0 bridgehead atoms. The van der Waals surface area contributed by atoms with Crippen molar-refractivity contribution < 1.29 is 44.7 Å². The molecule has 13 heteroatoms. The number of aryl methyl sites for hydroxylation is 1. The molecule has 1 fully saturated rings. The van der Waals surface area contributed by atoms with E-state index in [0.29, 0.717) is 18.4 Å². The Morgan fingerprint density at radius 3 is 2.26 bits per heavy atom. The van der Waals surface area contributed by atoms with Crippen molar-refractivity contribution >= 4 is 35.2 Å². The topological polar surface area (TPSA) is 189 Å². The van der Waals surface area contributed by atoms with Gasteiger partial charge in [-0.1, -0.05) is 24.3 Å². The van der Waals surface area contributed by atoms with Crippen LogP contribution >= 0.6 is 11.3 Å². The molecule has 42 heavy (non-hydrogen) atoms. The molecule has 230 valence electrons. The molecule has 2 aromatic rings. The van der Waals surface area contributed by atoms with Crippen LogP contribution in [-0.2, 0) is 37.4 Å². The van der Waals surface area contributed by atoms with Crippen molar-refractivity contribution in [1.29, 1.82) is 0 Å². The van der Waals surface area contributed by atoms with Gasteiger partial charge in [0, 0.05) is 31.9 Å². The van der Waals surface area contributed by atoms with E-state index in [1.807, 2.05) is 10.9 Å². The average Bonchev–Trinajstić information content (AvgIpc) is 3.57. The van der Waals surface area contributed by atoms with Gasteiger partial charge in [-0.2, -0.15) is 0 Å². The zero-order chi connectivity index (χ0) is 30.9. The second-order valence-corrected chi connectivity index (χ2v) is 11.8. The summed E-state index contributed by atoms with van der Waals surface area (Å²) in [6, 6.07) is 8.95. The summed E-state index contributed by atoms with van der Waals surface area (Å²) >= 11 is 1.57. The fraction of sp³-hybridized carbons (Fsp3) is 0.552. The van der Waals surface area contributed by atoms with Crippen molar-refractivity contribution in [1.82, 2.24) is 14.8 Å². The summed E-state index contributed by atoms with van der Waals surface area (Å²) in [5, 5.41) is 45.1. The van der Waals surface area contributed by atoms with Crippen LogP contribution in [-0.4, -0.2) is 110 Å². The first kappa shape index (κ1) is 33.1. The first-order valence-electron chi connectivity index (χ1n) is 13.8. The first-order chi connectivity index (χ1) is 19.9. The highest BCUT2D eigenvalue weighted by Gasteiger charge is 2.42. The van der Waals surface area contributed by atoms with E-state index in [4.69, 9.17) is 20.4 Å². The van der Waals surface area contributed by atoms with Gasteiger partial charge in [-0.25, -0.2) is 9.78 Å². The van der Waals surface area contributed by atoms with Gasteiger partial charge in [-0.15, -0.1) is 11.3 Å². The second kappa shape index (κ2) is 14.7. The lowest BCUT2D eigenvalue weighted by Gasteiger charge is -2.41. The van der Waals surface area contributed by atoms with Crippen molar-refractivity contribution in [2.75, 3.05) is 39.8 Å². The Morgan fingerprint density at radius 1 is 1.07 bits per heavy atom. The molecule has 1 aromatic heterocycles. The van der Waals surface area contributed by atoms with E-state index in [0.717, 1.165) is 25.3 Å². The van der Waals surface area contributed by atoms with Crippen LogP contribution < -0.4 is 0 Å². The smallest absolute Gasteiger partial charge is 0.336 e. The number of aliphatic hydroxyl groups is 2. The summed E-state index contributed by atoms with van der Waals surface area (Å²) in [5.74, 6) is -5.02. The molecule has 1 unspecified atom stereocenters. The Bertz CT molecular complexity index is 1210. The van der Waals surface area contributed by atoms with Crippen molar-refractivity contribution in [3.8, 4) is 0 Å². The molecule has 1 aromatic carbocycles. The predicted octanol–water partition coefficient (Wildman–Crippen LogP) is 1.48. The van der Waals surface area contributed by atoms with Crippen molar-refractivity contribution in [2.24, 2.45) is 5.92 Å². The number of carbonyl (C=O) groups excluding carboxylic acids is 1. The van der Waals surface area contributed by atoms with Gasteiger partial charge in [0.1, 0.15) is 0 Å². The number of amides is 1. The summed E-state index contributed by atoms with van der Waals surface area (Å²) in [4.78, 5) is 52.0. The lowest BCUT2D eigenvalue weighted by atomic mass is 9.73. The Labute approximate surface area is 248 Å². The van der Waals surface area contributed by atoms with Crippen LogP contribution in [0.2, 0.25) is 0 Å². The maximum atomic E-state index is 13.0. The zero-order valence-corrected chi connectivity index (χ0v) is 24.5. The highest BCUT2D eigenvalue weighted by molar-refractivity contribution is 7.07. The van der Waals surface area contributed by atoms with Crippen molar-refractivity contribution in [2.45, 2.75) is 56.0 Å². The molecule has 1 spiro atoms. The molecule has 1 atom stereocenters. The number of aliphatic hydroxyl groups excluding tert-OH is 1. The van der Waals surface area contributed by atoms with Gasteiger partial charge in [0.05, 0.1) is 36.6 Å². The van der Waals surface area contributed by atoms with Gasteiger partial charge in [-0.3, -0.25) is 14.4 Å². The Morgan fingerprint density at radius 2 is 1.71 bits per heavy atom. The van der Waals surface area contributed by atoms with E-state index in [2.05, 4.69) is 34.1 Å². The number of carboxylic acids is 3. The third-order valence-corrected chi connectivity index (χ3v) is 8.77. The third-order valence-electron chi connectivity index (χ3n) is 8.14. The van der Waals surface area contributed by atoms with E-state index in [1.54, 1.807) is 28.8 Å². The Kier molecular flexibility index (Phi) is 11.6. The number of thiazole rings is 1. The summed E-state index contributed by atoms with van der Waals surface area (Å²) in [5.41, 5.74) is 3.52. The first-order valence-corrected chi connectivity index (χ1v) is 14.8. The second-order valence-electron chi connectivity index (χ2n) is 11.1. The molecule has 0 saturated carbocycles. The summed E-state index contributed by atoms with van der Waals surface area (Å²) in [6.45, 7) is 3.23. The minimum Gasteiger partial charge on any atom is -0.481 e. The maximum absolute atomic E-state index is 13.0. The highest BCUT2D eigenvalue weighted by atomic mass is 32.1. The normalized spacial score (nSPS) is 16.6. The molecule has 1 aliphatic carbocycles. The molecule has 1 aliphatic heterocycles. The SMILES string of the molecule is CN(CCO)C(=O)C(Cc1cscn1)CN1CCC2(CCc3ccccc32)CC1.O=C(O)CC(O)(CC(=O)O)C(=O)O. The average molecular weight is 606 g/mol. The van der Waals surface area contributed by atoms with E-state index in [1.165, 1.54) is 31.2 Å². The van der Waals surface area contributed by atoms with E-state index < -0.39 is 36.4 Å². The third kappa shape index (κ3) is 8.57. The van der Waals surface area contributed by atoms with Gasteiger partial charge in [-0.05, 0) is 55.3 Å².